The number of aryl methyl sites for hydroxylation is 2. The summed E-state index contributed by atoms with van der Waals surface area (Å²) in [5.74, 6) is -1.91. The molecule has 0 spiro atoms. The number of esters is 1. The van der Waals surface area contributed by atoms with Gasteiger partial charge in [0.15, 0.2) is 12.4 Å². The summed E-state index contributed by atoms with van der Waals surface area (Å²) in [7, 11) is 0. The second-order valence-corrected chi connectivity index (χ2v) is 7.12. The van der Waals surface area contributed by atoms with E-state index in [-0.39, 0.29) is 49.0 Å². The van der Waals surface area contributed by atoms with E-state index in [0.29, 0.717) is 18.4 Å². The van der Waals surface area contributed by atoms with E-state index in [4.69, 9.17) is 4.74 Å². The lowest BCUT2D eigenvalue weighted by atomic mass is 9.85. The van der Waals surface area contributed by atoms with Crippen LogP contribution < -0.4 is 0 Å². The number of carbonyl (C=O) groups excluding carboxylic acids is 4. The van der Waals surface area contributed by atoms with Crippen molar-refractivity contribution in [2.45, 2.75) is 33.1 Å². The standard InChI is InChI=1S/C21H23NO5/c1-13-7-8-15(11-14(13)2)18(23)12-27-19(24)9-10-22-20(25)16-5-3-4-6-17(16)21(22)26/h3-4,7-8,11,16-17H,5-6,9-10,12H2,1-2H3/t16-,17-/m1/s1. The summed E-state index contributed by atoms with van der Waals surface area (Å²) in [6.45, 7) is 3.52. The topological polar surface area (TPSA) is 80.8 Å². The van der Waals surface area contributed by atoms with Crippen LogP contribution in [0.5, 0.6) is 0 Å². The van der Waals surface area contributed by atoms with Crippen molar-refractivity contribution < 1.29 is 23.9 Å². The molecule has 2 aliphatic rings. The Hall–Kier alpha value is -2.76. The summed E-state index contributed by atoms with van der Waals surface area (Å²) in [5.41, 5.74) is 2.57. The first-order valence-corrected chi connectivity index (χ1v) is 9.14. The van der Waals surface area contributed by atoms with E-state index < -0.39 is 5.97 Å². The Morgan fingerprint density at radius 1 is 1.04 bits per heavy atom. The predicted molar refractivity (Wildman–Crippen MR) is 97.9 cm³/mol. The second-order valence-electron chi connectivity index (χ2n) is 7.12. The minimum absolute atomic E-state index is 0.00132. The third-order valence-corrected chi connectivity index (χ3v) is 5.33. The number of fused-ring (bicyclic) bond motifs is 1. The zero-order valence-corrected chi connectivity index (χ0v) is 15.6. The summed E-state index contributed by atoms with van der Waals surface area (Å²) < 4.78 is 5.03. The van der Waals surface area contributed by atoms with Gasteiger partial charge >= 0.3 is 5.97 Å². The number of imide groups is 1. The lowest BCUT2D eigenvalue weighted by molar-refractivity contribution is -0.145. The van der Waals surface area contributed by atoms with Crippen LogP contribution in [0.3, 0.4) is 0 Å². The Kier molecular flexibility index (Phi) is 5.54. The number of amides is 2. The molecule has 1 aromatic rings. The van der Waals surface area contributed by atoms with E-state index in [0.717, 1.165) is 16.0 Å². The van der Waals surface area contributed by atoms with Gasteiger partial charge in [0.25, 0.3) is 0 Å². The number of hydrogen-bond acceptors (Lipinski definition) is 5. The van der Waals surface area contributed by atoms with Gasteiger partial charge < -0.3 is 4.74 Å². The molecule has 1 saturated heterocycles. The normalized spacial score (nSPS) is 21.3. The van der Waals surface area contributed by atoms with Gasteiger partial charge in [0.2, 0.25) is 11.8 Å². The van der Waals surface area contributed by atoms with Crippen LogP contribution in [-0.4, -0.2) is 41.6 Å². The van der Waals surface area contributed by atoms with Crippen molar-refractivity contribution in [2.24, 2.45) is 11.8 Å². The number of hydrogen-bond donors (Lipinski definition) is 0. The number of rotatable bonds is 6. The third-order valence-electron chi connectivity index (χ3n) is 5.33. The van der Waals surface area contributed by atoms with Crippen LogP contribution >= 0.6 is 0 Å². The highest BCUT2D eigenvalue weighted by Gasteiger charge is 2.46. The Bertz CT molecular complexity index is 800. The quantitative estimate of drug-likeness (QED) is 0.333. The largest absolute Gasteiger partial charge is 0.457 e. The first kappa shape index (κ1) is 19.0. The molecule has 2 amide bonds. The molecular weight excluding hydrogens is 346 g/mol. The molecule has 142 valence electrons. The molecule has 6 heteroatoms. The van der Waals surface area contributed by atoms with E-state index in [1.54, 1.807) is 12.1 Å². The van der Waals surface area contributed by atoms with Gasteiger partial charge in [0, 0.05) is 12.1 Å². The summed E-state index contributed by atoms with van der Waals surface area (Å²) >= 11 is 0. The number of ketones is 1. The monoisotopic (exact) mass is 369 g/mol. The summed E-state index contributed by atoms with van der Waals surface area (Å²) in [6, 6.07) is 5.32. The van der Waals surface area contributed by atoms with Gasteiger partial charge in [-0.25, -0.2) is 0 Å². The summed E-state index contributed by atoms with van der Waals surface area (Å²) in [5, 5.41) is 0. The van der Waals surface area contributed by atoms with Gasteiger partial charge in [-0.15, -0.1) is 0 Å². The first-order valence-electron chi connectivity index (χ1n) is 9.14. The zero-order chi connectivity index (χ0) is 19.6. The van der Waals surface area contributed by atoms with Gasteiger partial charge in [-0.1, -0.05) is 24.3 Å². The van der Waals surface area contributed by atoms with Crippen molar-refractivity contribution in [1.82, 2.24) is 4.90 Å². The molecule has 0 N–H and O–H groups in total. The molecule has 6 nitrogen and oxygen atoms in total. The third kappa shape index (κ3) is 3.99. The van der Waals surface area contributed by atoms with Gasteiger partial charge in [-0.2, -0.15) is 0 Å². The van der Waals surface area contributed by atoms with Crippen LogP contribution in [0.15, 0.2) is 30.4 Å². The highest BCUT2D eigenvalue weighted by Crippen LogP contribution is 2.34. The van der Waals surface area contributed by atoms with E-state index in [9.17, 15) is 19.2 Å². The fourth-order valence-electron chi connectivity index (χ4n) is 3.51. The Balaban J connectivity index is 1.48. The van der Waals surface area contributed by atoms with Crippen molar-refractivity contribution in [3.05, 3.63) is 47.0 Å². The molecule has 1 aromatic carbocycles. The molecular formula is C21H23NO5. The predicted octanol–water partition coefficient (Wildman–Crippen LogP) is 2.37. The number of carbonyl (C=O) groups is 4. The fraction of sp³-hybridized carbons (Fsp3) is 0.429. The molecule has 0 radical (unpaired) electrons. The van der Waals surface area contributed by atoms with Crippen molar-refractivity contribution in [3.8, 4) is 0 Å². The van der Waals surface area contributed by atoms with Gasteiger partial charge in [0.05, 0.1) is 18.3 Å². The number of allylic oxidation sites excluding steroid dienone is 2. The number of ether oxygens (including phenoxy) is 1. The van der Waals surface area contributed by atoms with Crippen molar-refractivity contribution in [2.75, 3.05) is 13.2 Å². The minimum atomic E-state index is -0.596. The molecule has 1 heterocycles. The number of nitrogens with zero attached hydrogens (tertiary/aromatic N) is 1. The van der Waals surface area contributed by atoms with Crippen molar-refractivity contribution in [1.29, 1.82) is 0 Å². The molecule has 0 saturated carbocycles. The fourth-order valence-corrected chi connectivity index (χ4v) is 3.51. The molecule has 0 aromatic heterocycles. The zero-order valence-electron chi connectivity index (χ0n) is 15.6. The number of Topliss-reactive ketones (excluding diaryl/α,β-unsaturated/α-hetero) is 1. The molecule has 0 bridgehead atoms. The molecule has 1 aliphatic carbocycles. The highest BCUT2D eigenvalue weighted by atomic mass is 16.5. The lowest BCUT2D eigenvalue weighted by Crippen LogP contribution is -2.33. The maximum absolute atomic E-state index is 12.3. The first-order chi connectivity index (χ1) is 12.9. The van der Waals surface area contributed by atoms with Gasteiger partial charge in [-0.3, -0.25) is 24.1 Å². The van der Waals surface area contributed by atoms with Gasteiger partial charge in [0.1, 0.15) is 0 Å². The number of benzene rings is 1. The van der Waals surface area contributed by atoms with E-state index in [2.05, 4.69) is 0 Å². The van der Waals surface area contributed by atoms with Crippen molar-refractivity contribution in [3.63, 3.8) is 0 Å². The van der Waals surface area contributed by atoms with Crippen LogP contribution in [0.25, 0.3) is 0 Å². The average Bonchev–Trinajstić information content (AvgIpc) is 2.91. The second kappa shape index (κ2) is 7.86. The maximum Gasteiger partial charge on any atom is 0.308 e. The average molecular weight is 369 g/mol. The molecule has 27 heavy (non-hydrogen) atoms. The van der Waals surface area contributed by atoms with Crippen LogP contribution in [0.1, 0.15) is 40.7 Å². The van der Waals surface area contributed by atoms with Crippen LogP contribution in [0, 0.1) is 25.7 Å². The maximum atomic E-state index is 12.3. The SMILES string of the molecule is Cc1ccc(C(=O)COC(=O)CCN2C(=O)[C@@H]3CC=CC[C@H]3C2=O)cc1C. The molecule has 3 rings (SSSR count). The highest BCUT2D eigenvalue weighted by molar-refractivity contribution is 6.05. The van der Waals surface area contributed by atoms with Gasteiger partial charge in [-0.05, 0) is 43.9 Å². The molecule has 2 atom stereocenters. The Labute approximate surface area is 158 Å². The Morgan fingerprint density at radius 2 is 1.67 bits per heavy atom. The minimum Gasteiger partial charge on any atom is -0.457 e. The summed E-state index contributed by atoms with van der Waals surface area (Å²) in [6.07, 6.45) is 4.87. The van der Waals surface area contributed by atoms with E-state index in [1.165, 1.54) is 0 Å². The Morgan fingerprint density at radius 3 is 2.26 bits per heavy atom. The summed E-state index contributed by atoms with van der Waals surface area (Å²) in [4.78, 5) is 49.9. The van der Waals surface area contributed by atoms with Crippen LogP contribution in [0.2, 0.25) is 0 Å². The number of likely N-dealkylation sites (tertiary alicyclic amines) is 1. The molecule has 1 fully saturated rings. The lowest BCUT2D eigenvalue weighted by Gasteiger charge is -2.14. The van der Waals surface area contributed by atoms with Crippen LogP contribution in [-0.2, 0) is 19.1 Å². The van der Waals surface area contributed by atoms with E-state index in [1.807, 2.05) is 32.1 Å². The smallest absolute Gasteiger partial charge is 0.308 e. The molecule has 1 aliphatic heterocycles. The van der Waals surface area contributed by atoms with Crippen LogP contribution in [0.4, 0.5) is 0 Å². The van der Waals surface area contributed by atoms with E-state index >= 15 is 0 Å². The molecule has 0 unspecified atom stereocenters. The van der Waals surface area contributed by atoms with Crippen molar-refractivity contribution >= 4 is 23.6 Å².